The van der Waals surface area contributed by atoms with E-state index in [1.807, 2.05) is 6.07 Å². The van der Waals surface area contributed by atoms with Crippen LogP contribution in [0.2, 0.25) is 0 Å². The monoisotopic (exact) mass is 484 g/mol. The highest BCUT2D eigenvalue weighted by Gasteiger charge is 2.19. The number of fused-ring (bicyclic) bond motifs is 1. The molecule has 9 heteroatoms. The number of benzene rings is 3. The lowest BCUT2D eigenvalue weighted by atomic mass is 10.00. The van der Waals surface area contributed by atoms with Crippen molar-refractivity contribution in [2.45, 2.75) is 24.5 Å². The molecule has 0 saturated carbocycles. The number of nitrogens with zero attached hydrogens (tertiary/aromatic N) is 1. The van der Waals surface area contributed by atoms with Crippen LogP contribution in [0.4, 0.5) is 10.1 Å². The first-order valence-corrected chi connectivity index (χ1v) is 12.6. The van der Waals surface area contributed by atoms with Gasteiger partial charge in [0.2, 0.25) is 0 Å². The zero-order valence-electron chi connectivity index (χ0n) is 18.8. The van der Waals surface area contributed by atoms with E-state index < -0.39 is 32.2 Å². The molecule has 1 aliphatic heterocycles. The van der Waals surface area contributed by atoms with Crippen LogP contribution in [-0.2, 0) is 29.4 Å². The number of likely N-dealkylation sites (N-methyl/N-ethyl adjacent to an activating group) is 1. The Morgan fingerprint density at radius 1 is 1.12 bits per heavy atom. The number of hydrogen-bond donors (Lipinski definition) is 2. The summed E-state index contributed by atoms with van der Waals surface area (Å²) in [6.45, 7) is 2.28. The van der Waals surface area contributed by atoms with Crippen molar-refractivity contribution in [1.29, 1.82) is 0 Å². The molecule has 0 bridgehead atoms. The molecule has 7 nitrogen and oxygen atoms in total. The number of anilines is 1. The fourth-order valence-electron chi connectivity index (χ4n) is 3.81. The number of rotatable bonds is 6. The number of aromatic hydroxyl groups is 1. The van der Waals surface area contributed by atoms with Gasteiger partial charge in [-0.25, -0.2) is 12.8 Å². The molecule has 2 N–H and O–H groups in total. The molecule has 3 aromatic carbocycles. The number of carbonyl (C=O) groups is 1. The summed E-state index contributed by atoms with van der Waals surface area (Å²) >= 11 is 0. The maximum atomic E-state index is 14.2. The SMILES string of the molecule is CN1CCc2cc(OCc3ccc(C(=O)Nc4cc(S(C)(=O)=O)c(O)cc4F)cc3)ccc2C1. The lowest BCUT2D eigenvalue weighted by Crippen LogP contribution is -2.26. The van der Waals surface area contributed by atoms with Gasteiger partial charge >= 0.3 is 0 Å². The molecule has 178 valence electrons. The van der Waals surface area contributed by atoms with Crippen LogP contribution in [0.5, 0.6) is 11.5 Å². The second kappa shape index (κ2) is 9.44. The molecular formula is C25H25FN2O5S. The van der Waals surface area contributed by atoms with Crippen molar-refractivity contribution in [3.05, 3.63) is 82.7 Å². The normalized spacial score (nSPS) is 13.9. The van der Waals surface area contributed by atoms with Gasteiger partial charge in [-0.1, -0.05) is 18.2 Å². The van der Waals surface area contributed by atoms with Crippen molar-refractivity contribution in [2.75, 3.05) is 25.2 Å². The minimum absolute atomic E-state index is 0.259. The molecule has 1 amide bonds. The number of phenols is 1. The number of nitrogens with one attached hydrogen (secondary N) is 1. The van der Waals surface area contributed by atoms with E-state index in [9.17, 15) is 22.7 Å². The van der Waals surface area contributed by atoms with Crippen LogP contribution in [0.25, 0.3) is 0 Å². The molecule has 0 spiro atoms. The summed E-state index contributed by atoms with van der Waals surface area (Å²) < 4.78 is 43.6. The summed E-state index contributed by atoms with van der Waals surface area (Å²) in [7, 11) is -1.70. The first-order chi connectivity index (χ1) is 16.1. The van der Waals surface area contributed by atoms with Crippen LogP contribution in [0, 0.1) is 5.82 Å². The van der Waals surface area contributed by atoms with Crippen LogP contribution in [0.1, 0.15) is 27.0 Å². The minimum atomic E-state index is -3.80. The zero-order valence-corrected chi connectivity index (χ0v) is 19.7. The van der Waals surface area contributed by atoms with Gasteiger partial charge < -0.3 is 20.1 Å². The van der Waals surface area contributed by atoms with Gasteiger partial charge in [0, 0.05) is 31.0 Å². The van der Waals surface area contributed by atoms with E-state index in [-0.39, 0.29) is 11.3 Å². The minimum Gasteiger partial charge on any atom is -0.506 e. The van der Waals surface area contributed by atoms with E-state index in [1.54, 1.807) is 24.3 Å². The average molecular weight is 485 g/mol. The molecular weight excluding hydrogens is 459 g/mol. The van der Waals surface area contributed by atoms with Crippen LogP contribution in [0.3, 0.4) is 0 Å². The van der Waals surface area contributed by atoms with E-state index in [1.165, 1.54) is 11.1 Å². The smallest absolute Gasteiger partial charge is 0.255 e. The topological polar surface area (TPSA) is 95.9 Å². The molecule has 1 aliphatic rings. The molecule has 0 radical (unpaired) electrons. The highest BCUT2D eigenvalue weighted by molar-refractivity contribution is 7.90. The van der Waals surface area contributed by atoms with E-state index in [0.29, 0.717) is 12.7 Å². The van der Waals surface area contributed by atoms with Crippen molar-refractivity contribution in [3.8, 4) is 11.5 Å². The molecule has 1 heterocycles. The van der Waals surface area contributed by atoms with Gasteiger partial charge in [0.25, 0.3) is 5.91 Å². The van der Waals surface area contributed by atoms with Crippen molar-refractivity contribution in [1.82, 2.24) is 4.90 Å². The molecule has 0 unspecified atom stereocenters. The summed E-state index contributed by atoms with van der Waals surface area (Å²) in [6, 6.07) is 14.3. The maximum absolute atomic E-state index is 14.2. The summed E-state index contributed by atoms with van der Waals surface area (Å²) in [5.41, 5.74) is 3.38. The summed E-state index contributed by atoms with van der Waals surface area (Å²) in [5.74, 6) is -1.49. The molecule has 0 atom stereocenters. The fraction of sp³-hybridized carbons (Fsp3) is 0.240. The maximum Gasteiger partial charge on any atom is 0.255 e. The second-order valence-electron chi connectivity index (χ2n) is 8.43. The van der Waals surface area contributed by atoms with E-state index >= 15 is 0 Å². The average Bonchev–Trinajstić information content (AvgIpc) is 2.79. The third-order valence-corrected chi connectivity index (χ3v) is 6.82. The quantitative estimate of drug-likeness (QED) is 0.409. The number of hydrogen-bond acceptors (Lipinski definition) is 6. The lowest BCUT2D eigenvalue weighted by molar-refractivity contribution is 0.102. The van der Waals surface area contributed by atoms with E-state index in [0.717, 1.165) is 43.1 Å². The Labute approximate surface area is 197 Å². The predicted octanol–water partition coefficient (Wildman–Crippen LogP) is 3.75. The Kier molecular flexibility index (Phi) is 6.58. The fourth-order valence-corrected chi connectivity index (χ4v) is 4.58. The van der Waals surface area contributed by atoms with E-state index in [4.69, 9.17) is 4.74 Å². The Bertz CT molecular complexity index is 1340. The summed E-state index contributed by atoms with van der Waals surface area (Å²) in [6.07, 6.45) is 1.87. The molecule has 0 aliphatic carbocycles. The van der Waals surface area contributed by atoms with Crippen molar-refractivity contribution in [3.63, 3.8) is 0 Å². The molecule has 34 heavy (non-hydrogen) atoms. The first kappa shape index (κ1) is 23.7. The Morgan fingerprint density at radius 2 is 1.85 bits per heavy atom. The molecule has 0 aromatic heterocycles. The van der Waals surface area contributed by atoms with Crippen LogP contribution in [0.15, 0.2) is 59.5 Å². The predicted molar refractivity (Wildman–Crippen MR) is 126 cm³/mol. The number of phenolic OH excluding ortho intramolecular Hbond substituents is 1. The first-order valence-electron chi connectivity index (χ1n) is 10.7. The Hall–Kier alpha value is -3.43. The standard InChI is InChI=1S/C25H25FN2O5S/c1-28-10-9-18-11-20(8-7-19(18)14-28)33-15-16-3-5-17(6-4-16)25(30)27-22-13-24(34(2,31)32)23(29)12-21(22)26/h3-8,11-13,29H,9-10,14-15H2,1-2H3,(H,27,30). The van der Waals surface area contributed by atoms with Gasteiger partial charge in [-0.2, -0.15) is 0 Å². The van der Waals surface area contributed by atoms with E-state index in [2.05, 4.69) is 29.4 Å². The molecule has 3 aromatic rings. The Balaban J connectivity index is 1.41. The number of amides is 1. The third kappa shape index (κ3) is 5.37. The molecule has 0 saturated heterocycles. The second-order valence-corrected chi connectivity index (χ2v) is 10.4. The number of carbonyl (C=O) groups excluding carboxylic acids is 1. The highest BCUT2D eigenvalue weighted by atomic mass is 32.2. The third-order valence-electron chi connectivity index (χ3n) is 5.70. The Morgan fingerprint density at radius 3 is 2.56 bits per heavy atom. The highest BCUT2D eigenvalue weighted by Crippen LogP contribution is 2.29. The molecule has 4 rings (SSSR count). The van der Waals surface area contributed by atoms with Crippen LogP contribution >= 0.6 is 0 Å². The van der Waals surface area contributed by atoms with Gasteiger partial charge in [-0.15, -0.1) is 0 Å². The number of halogens is 1. The summed E-state index contributed by atoms with van der Waals surface area (Å²) in [4.78, 5) is 14.4. The van der Waals surface area contributed by atoms with Gasteiger partial charge in [0.1, 0.15) is 28.8 Å². The lowest BCUT2D eigenvalue weighted by Gasteiger charge is -2.25. The largest absolute Gasteiger partial charge is 0.506 e. The van der Waals surface area contributed by atoms with Crippen molar-refractivity contribution < 1.29 is 27.4 Å². The number of ether oxygens (including phenoxy) is 1. The van der Waals surface area contributed by atoms with Crippen molar-refractivity contribution >= 4 is 21.4 Å². The van der Waals surface area contributed by atoms with Gasteiger partial charge in [-0.3, -0.25) is 4.79 Å². The molecule has 0 fully saturated rings. The van der Waals surface area contributed by atoms with Crippen LogP contribution in [-0.4, -0.2) is 44.2 Å². The van der Waals surface area contributed by atoms with Crippen LogP contribution < -0.4 is 10.1 Å². The van der Waals surface area contributed by atoms with Crippen molar-refractivity contribution in [2.24, 2.45) is 0 Å². The zero-order chi connectivity index (χ0) is 24.5. The number of sulfone groups is 1. The van der Waals surface area contributed by atoms with Gasteiger partial charge in [0.15, 0.2) is 9.84 Å². The van der Waals surface area contributed by atoms with Gasteiger partial charge in [-0.05, 0) is 60.5 Å². The summed E-state index contributed by atoms with van der Waals surface area (Å²) in [5, 5.41) is 12.0. The van der Waals surface area contributed by atoms with Gasteiger partial charge in [0.05, 0.1) is 5.69 Å².